The maximum atomic E-state index is 6.47. The molecule has 0 saturated carbocycles. The van der Waals surface area contributed by atoms with Crippen LogP contribution in [0.25, 0.3) is 10.8 Å². The largest absolute Gasteiger partial charge is 0.494 e. The molecule has 0 bridgehead atoms. The molecule has 0 N–H and O–H groups in total. The Morgan fingerprint density at radius 2 is 1.83 bits per heavy atom. The molecular formula is C23H21Cl2N3O. The summed E-state index contributed by atoms with van der Waals surface area (Å²) in [5.41, 5.74) is 1.07. The average Bonchev–Trinajstić information content (AvgIpc) is 3.23. The second kappa shape index (κ2) is 9.29. The Bertz CT molecular complexity index is 1080. The van der Waals surface area contributed by atoms with Crippen molar-refractivity contribution < 1.29 is 4.74 Å². The first-order valence-electron chi connectivity index (χ1n) is 9.58. The lowest BCUT2D eigenvalue weighted by atomic mass is 9.94. The van der Waals surface area contributed by atoms with Crippen molar-refractivity contribution in [1.29, 1.82) is 0 Å². The van der Waals surface area contributed by atoms with Gasteiger partial charge in [-0.3, -0.25) is 4.68 Å². The minimum atomic E-state index is 0.196. The second-order valence-electron chi connectivity index (χ2n) is 6.98. The lowest BCUT2D eigenvalue weighted by molar-refractivity contribution is 0.297. The van der Waals surface area contributed by atoms with Crippen molar-refractivity contribution in [3.63, 3.8) is 0 Å². The highest BCUT2D eigenvalue weighted by Crippen LogP contribution is 2.31. The minimum absolute atomic E-state index is 0.196. The Morgan fingerprint density at radius 1 is 0.966 bits per heavy atom. The van der Waals surface area contributed by atoms with Crippen LogP contribution in [0, 0.1) is 0 Å². The van der Waals surface area contributed by atoms with Crippen molar-refractivity contribution in [2.24, 2.45) is 0 Å². The van der Waals surface area contributed by atoms with Gasteiger partial charge < -0.3 is 4.74 Å². The number of hydrogen-bond donors (Lipinski definition) is 0. The average molecular weight is 426 g/mol. The van der Waals surface area contributed by atoms with Crippen molar-refractivity contribution in [2.45, 2.75) is 25.3 Å². The fourth-order valence-corrected chi connectivity index (χ4v) is 4.07. The molecule has 0 aliphatic carbocycles. The molecule has 3 aromatic carbocycles. The van der Waals surface area contributed by atoms with Crippen LogP contribution >= 0.6 is 23.2 Å². The molecule has 29 heavy (non-hydrogen) atoms. The third-order valence-electron chi connectivity index (χ3n) is 4.96. The van der Waals surface area contributed by atoms with Gasteiger partial charge in [-0.25, -0.2) is 4.98 Å². The van der Waals surface area contributed by atoms with Gasteiger partial charge in [-0.2, -0.15) is 5.10 Å². The van der Waals surface area contributed by atoms with Crippen LogP contribution in [-0.4, -0.2) is 21.4 Å². The van der Waals surface area contributed by atoms with Gasteiger partial charge in [0, 0.05) is 22.5 Å². The lowest BCUT2D eigenvalue weighted by Crippen LogP contribution is -2.12. The van der Waals surface area contributed by atoms with Gasteiger partial charge in [0.2, 0.25) is 0 Å². The zero-order valence-corrected chi connectivity index (χ0v) is 17.4. The SMILES string of the molecule is Clc1ccc(C(CCCOc2ccc3ccccc3c2)Cn2cncn2)c(Cl)c1. The molecule has 4 nitrogen and oxygen atoms in total. The summed E-state index contributed by atoms with van der Waals surface area (Å²) in [6.45, 7) is 1.34. The van der Waals surface area contributed by atoms with Crippen LogP contribution in [-0.2, 0) is 6.54 Å². The summed E-state index contributed by atoms with van der Waals surface area (Å²) in [6, 6.07) is 20.1. The topological polar surface area (TPSA) is 39.9 Å². The van der Waals surface area contributed by atoms with E-state index in [4.69, 9.17) is 27.9 Å². The van der Waals surface area contributed by atoms with E-state index >= 15 is 0 Å². The van der Waals surface area contributed by atoms with Crippen LogP contribution in [0.1, 0.15) is 24.3 Å². The molecule has 0 amide bonds. The number of hydrogen-bond acceptors (Lipinski definition) is 3. The number of rotatable bonds is 8. The molecule has 4 aromatic rings. The third kappa shape index (κ3) is 5.08. The summed E-state index contributed by atoms with van der Waals surface area (Å²) < 4.78 is 7.83. The summed E-state index contributed by atoms with van der Waals surface area (Å²) in [6.07, 6.45) is 5.08. The van der Waals surface area contributed by atoms with Crippen molar-refractivity contribution >= 4 is 34.0 Å². The van der Waals surface area contributed by atoms with E-state index in [1.54, 1.807) is 18.7 Å². The van der Waals surface area contributed by atoms with Crippen LogP contribution in [0.5, 0.6) is 5.75 Å². The first-order chi connectivity index (χ1) is 14.2. The number of halogens is 2. The van der Waals surface area contributed by atoms with Gasteiger partial charge >= 0.3 is 0 Å². The number of nitrogens with zero attached hydrogens (tertiary/aromatic N) is 3. The van der Waals surface area contributed by atoms with E-state index in [9.17, 15) is 0 Å². The van der Waals surface area contributed by atoms with Gasteiger partial charge in [0.1, 0.15) is 18.4 Å². The summed E-state index contributed by atoms with van der Waals surface area (Å²) in [4.78, 5) is 4.04. The first-order valence-corrected chi connectivity index (χ1v) is 10.3. The van der Waals surface area contributed by atoms with E-state index in [0.717, 1.165) is 24.2 Å². The molecule has 0 spiro atoms. The minimum Gasteiger partial charge on any atom is -0.494 e. The van der Waals surface area contributed by atoms with Gasteiger partial charge in [-0.1, -0.05) is 59.6 Å². The van der Waals surface area contributed by atoms with E-state index in [1.807, 2.05) is 35.0 Å². The number of benzene rings is 3. The predicted molar refractivity (Wildman–Crippen MR) is 118 cm³/mol. The fourth-order valence-electron chi connectivity index (χ4n) is 3.51. The highest BCUT2D eigenvalue weighted by atomic mass is 35.5. The third-order valence-corrected chi connectivity index (χ3v) is 5.53. The Labute approximate surface area is 180 Å². The smallest absolute Gasteiger partial charge is 0.137 e. The van der Waals surface area contributed by atoms with Crippen LogP contribution in [0.15, 0.2) is 73.3 Å². The quantitative estimate of drug-likeness (QED) is 0.307. The molecule has 1 aromatic heterocycles. The van der Waals surface area contributed by atoms with E-state index in [1.165, 1.54) is 10.8 Å². The van der Waals surface area contributed by atoms with Gasteiger partial charge in [-0.05, 0) is 53.4 Å². The Balaban J connectivity index is 1.40. The van der Waals surface area contributed by atoms with Gasteiger partial charge in [-0.15, -0.1) is 0 Å². The molecular weight excluding hydrogens is 405 g/mol. The van der Waals surface area contributed by atoms with Gasteiger partial charge in [0.25, 0.3) is 0 Å². The van der Waals surface area contributed by atoms with E-state index < -0.39 is 0 Å². The highest BCUT2D eigenvalue weighted by Gasteiger charge is 2.16. The highest BCUT2D eigenvalue weighted by molar-refractivity contribution is 6.35. The summed E-state index contributed by atoms with van der Waals surface area (Å²) in [7, 11) is 0. The van der Waals surface area contributed by atoms with Crippen LogP contribution in [0.3, 0.4) is 0 Å². The fraction of sp³-hybridized carbons (Fsp3) is 0.217. The van der Waals surface area contributed by atoms with E-state index in [2.05, 4.69) is 34.3 Å². The maximum Gasteiger partial charge on any atom is 0.137 e. The standard InChI is InChI=1S/C23H21Cl2N3O/c24-20-8-10-22(23(25)13-20)19(14-28-16-26-15-27-28)6-3-11-29-21-9-7-17-4-1-2-5-18(17)12-21/h1-2,4-5,7-10,12-13,15-16,19H,3,6,11,14H2. The van der Waals surface area contributed by atoms with Crippen LogP contribution in [0.4, 0.5) is 0 Å². The monoisotopic (exact) mass is 425 g/mol. The molecule has 1 atom stereocenters. The van der Waals surface area contributed by atoms with Crippen molar-refractivity contribution in [3.05, 3.63) is 88.9 Å². The number of aromatic nitrogens is 3. The van der Waals surface area contributed by atoms with Crippen molar-refractivity contribution in [3.8, 4) is 5.75 Å². The van der Waals surface area contributed by atoms with Gasteiger partial charge in [0.15, 0.2) is 0 Å². The molecule has 1 heterocycles. The predicted octanol–water partition coefficient (Wildman–Crippen LogP) is 6.38. The lowest BCUT2D eigenvalue weighted by Gasteiger charge is -2.19. The molecule has 6 heteroatoms. The van der Waals surface area contributed by atoms with Gasteiger partial charge in [0.05, 0.1) is 6.61 Å². The Kier molecular flexibility index (Phi) is 6.33. The van der Waals surface area contributed by atoms with E-state index in [0.29, 0.717) is 23.2 Å². The number of ether oxygens (including phenoxy) is 1. The molecule has 0 saturated heterocycles. The normalized spacial score (nSPS) is 12.2. The van der Waals surface area contributed by atoms with Crippen molar-refractivity contribution in [1.82, 2.24) is 14.8 Å². The molecule has 1 unspecified atom stereocenters. The Hall–Kier alpha value is -2.56. The summed E-state index contributed by atoms with van der Waals surface area (Å²) >= 11 is 12.5. The summed E-state index contributed by atoms with van der Waals surface area (Å²) in [5.74, 6) is 1.09. The second-order valence-corrected chi connectivity index (χ2v) is 7.82. The molecule has 148 valence electrons. The zero-order valence-electron chi connectivity index (χ0n) is 15.8. The molecule has 0 aliphatic heterocycles. The van der Waals surface area contributed by atoms with E-state index in [-0.39, 0.29) is 5.92 Å². The molecule has 0 fully saturated rings. The molecule has 4 rings (SSSR count). The molecule has 0 radical (unpaired) electrons. The maximum absolute atomic E-state index is 6.47. The Morgan fingerprint density at radius 3 is 2.62 bits per heavy atom. The van der Waals surface area contributed by atoms with Crippen molar-refractivity contribution in [2.75, 3.05) is 6.61 Å². The number of fused-ring (bicyclic) bond motifs is 1. The zero-order chi connectivity index (χ0) is 20.1. The van der Waals surface area contributed by atoms with Crippen LogP contribution < -0.4 is 4.74 Å². The van der Waals surface area contributed by atoms with Crippen LogP contribution in [0.2, 0.25) is 10.0 Å². The molecule has 0 aliphatic rings. The summed E-state index contributed by atoms with van der Waals surface area (Å²) in [5, 5.41) is 7.95. The first kappa shape index (κ1) is 19.7.